The van der Waals surface area contributed by atoms with Crippen molar-refractivity contribution >= 4 is 26.5 Å². The molecule has 2 rings (SSSR count). The molecule has 0 saturated carbocycles. The highest BCUT2D eigenvalue weighted by Gasteiger charge is 2.16. The third-order valence-corrected chi connectivity index (χ3v) is 4.06. The topological polar surface area (TPSA) is 108 Å². The Balaban J connectivity index is 2.17. The van der Waals surface area contributed by atoms with E-state index in [2.05, 4.69) is 31.7 Å². The lowest BCUT2D eigenvalue weighted by molar-refractivity contribution is 0.350. The number of thiazole rings is 1. The van der Waals surface area contributed by atoms with Gasteiger partial charge in [0.25, 0.3) is 10.0 Å². The zero-order chi connectivity index (χ0) is 13.0. The molecule has 18 heavy (non-hydrogen) atoms. The van der Waals surface area contributed by atoms with Crippen LogP contribution in [-0.4, -0.2) is 35.3 Å². The maximum atomic E-state index is 11.8. The Bertz CT molecular complexity index is 679. The number of aliphatic hydroxyl groups is 1. The second-order valence-corrected chi connectivity index (χ2v) is 5.74. The molecular weight excluding hydrogens is 276 g/mol. The summed E-state index contributed by atoms with van der Waals surface area (Å²) >= 11 is 1.08. The normalized spacial score (nSPS) is 10.7. The predicted molar refractivity (Wildman–Crippen MR) is 65.5 cm³/mol. The van der Waals surface area contributed by atoms with Gasteiger partial charge in [0.1, 0.15) is 11.5 Å². The largest absolute Gasteiger partial charge is 0.384 e. The molecule has 0 aromatic carbocycles. The van der Waals surface area contributed by atoms with Crippen molar-refractivity contribution in [2.45, 2.75) is 4.90 Å². The highest BCUT2D eigenvalue weighted by atomic mass is 32.2. The first-order valence-electron chi connectivity index (χ1n) is 4.69. The summed E-state index contributed by atoms with van der Waals surface area (Å²) in [6.45, 7) is -0.256. The van der Waals surface area contributed by atoms with Crippen LogP contribution < -0.4 is 4.72 Å². The molecule has 0 unspecified atom stereocenters. The van der Waals surface area contributed by atoms with Gasteiger partial charge in [0.2, 0.25) is 0 Å². The third kappa shape index (κ3) is 2.86. The zero-order valence-electron chi connectivity index (χ0n) is 8.91. The molecule has 0 fully saturated rings. The SMILES string of the molecule is O=S(=O)(Nc1ncc(C#CCO)s1)c1cn[nH]c1. The van der Waals surface area contributed by atoms with E-state index in [1.807, 2.05) is 0 Å². The minimum absolute atomic E-state index is 0.0284. The van der Waals surface area contributed by atoms with Crippen LogP contribution in [0.3, 0.4) is 0 Å². The molecule has 0 aliphatic heterocycles. The number of aromatic amines is 1. The first-order valence-corrected chi connectivity index (χ1v) is 6.99. The van der Waals surface area contributed by atoms with Crippen molar-refractivity contribution in [3.63, 3.8) is 0 Å². The molecule has 0 amide bonds. The van der Waals surface area contributed by atoms with E-state index in [-0.39, 0.29) is 16.6 Å². The molecule has 3 N–H and O–H groups in total. The van der Waals surface area contributed by atoms with Crippen LogP contribution in [0.4, 0.5) is 5.13 Å². The van der Waals surface area contributed by atoms with Gasteiger partial charge in [-0.1, -0.05) is 23.2 Å². The summed E-state index contributed by atoms with van der Waals surface area (Å²) in [5.74, 6) is 5.09. The highest BCUT2D eigenvalue weighted by Crippen LogP contribution is 2.20. The van der Waals surface area contributed by atoms with Crippen molar-refractivity contribution in [1.82, 2.24) is 15.2 Å². The summed E-state index contributed by atoms with van der Waals surface area (Å²) in [6.07, 6.45) is 3.89. The van der Waals surface area contributed by atoms with Crippen molar-refractivity contribution in [2.24, 2.45) is 0 Å². The van der Waals surface area contributed by atoms with Gasteiger partial charge in [-0.15, -0.1) is 0 Å². The van der Waals surface area contributed by atoms with Gasteiger partial charge in [0.05, 0.1) is 17.3 Å². The fraction of sp³-hybridized carbons (Fsp3) is 0.111. The summed E-state index contributed by atoms with van der Waals surface area (Å²) < 4.78 is 25.9. The minimum atomic E-state index is -3.67. The quantitative estimate of drug-likeness (QED) is 0.688. The first-order chi connectivity index (χ1) is 8.62. The number of H-pyrrole nitrogens is 1. The van der Waals surface area contributed by atoms with Crippen LogP contribution in [0.1, 0.15) is 4.88 Å². The predicted octanol–water partition coefficient (Wildman–Crippen LogP) is 0.0108. The van der Waals surface area contributed by atoms with Gasteiger partial charge in [-0.25, -0.2) is 13.4 Å². The Morgan fingerprint density at radius 1 is 1.50 bits per heavy atom. The van der Waals surface area contributed by atoms with Gasteiger partial charge >= 0.3 is 0 Å². The van der Waals surface area contributed by atoms with Crippen LogP contribution in [0.2, 0.25) is 0 Å². The van der Waals surface area contributed by atoms with Crippen LogP contribution in [-0.2, 0) is 10.0 Å². The molecule has 7 nitrogen and oxygen atoms in total. The number of aliphatic hydroxyl groups excluding tert-OH is 1. The molecule has 0 aliphatic carbocycles. The lowest BCUT2D eigenvalue weighted by atomic mass is 10.5. The number of hydrogen-bond acceptors (Lipinski definition) is 6. The fourth-order valence-corrected chi connectivity index (χ4v) is 2.90. The van der Waals surface area contributed by atoms with Crippen molar-refractivity contribution in [3.8, 4) is 11.8 Å². The summed E-state index contributed by atoms with van der Waals surface area (Å²) in [4.78, 5) is 4.47. The van der Waals surface area contributed by atoms with Gasteiger partial charge in [-0.3, -0.25) is 9.82 Å². The highest BCUT2D eigenvalue weighted by molar-refractivity contribution is 7.93. The number of aromatic nitrogens is 3. The molecule has 2 heterocycles. The second kappa shape index (κ2) is 5.18. The second-order valence-electron chi connectivity index (χ2n) is 3.03. The molecule has 2 aromatic rings. The smallest absolute Gasteiger partial charge is 0.266 e. The van der Waals surface area contributed by atoms with Crippen LogP contribution >= 0.6 is 11.3 Å². The van der Waals surface area contributed by atoms with Crippen LogP contribution in [0.25, 0.3) is 0 Å². The molecule has 0 radical (unpaired) electrons. The van der Waals surface area contributed by atoms with Crippen molar-refractivity contribution < 1.29 is 13.5 Å². The number of sulfonamides is 1. The number of anilines is 1. The van der Waals surface area contributed by atoms with Gasteiger partial charge < -0.3 is 5.11 Å². The lowest BCUT2D eigenvalue weighted by Crippen LogP contribution is -2.11. The van der Waals surface area contributed by atoms with Crippen molar-refractivity contribution in [1.29, 1.82) is 0 Å². The van der Waals surface area contributed by atoms with E-state index in [1.54, 1.807) is 0 Å². The monoisotopic (exact) mass is 284 g/mol. The Labute approximate surface area is 107 Å². The standard InChI is InChI=1S/C9H8N4O3S2/c14-3-1-2-7-4-10-9(17-7)13-18(15,16)8-5-11-12-6-8/h4-6,14H,3H2,(H,10,13)(H,11,12). The van der Waals surface area contributed by atoms with E-state index in [0.717, 1.165) is 11.3 Å². The number of nitrogens with one attached hydrogen (secondary N) is 2. The Kier molecular flexibility index (Phi) is 3.61. The van der Waals surface area contributed by atoms with Gasteiger partial charge in [0, 0.05) is 6.20 Å². The number of hydrogen-bond donors (Lipinski definition) is 3. The Hall–Kier alpha value is -1.89. The summed E-state index contributed by atoms with van der Waals surface area (Å²) in [5, 5.41) is 14.7. The zero-order valence-corrected chi connectivity index (χ0v) is 10.5. The molecule has 0 bridgehead atoms. The molecule has 9 heteroatoms. The van der Waals surface area contributed by atoms with Gasteiger partial charge in [-0.05, 0) is 0 Å². The average Bonchev–Trinajstić information content (AvgIpc) is 2.96. The van der Waals surface area contributed by atoms with Crippen LogP contribution in [0.5, 0.6) is 0 Å². The number of rotatable bonds is 3. The molecule has 94 valence electrons. The van der Waals surface area contributed by atoms with Crippen molar-refractivity contribution in [3.05, 3.63) is 23.5 Å². The van der Waals surface area contributed by atoms with E-state index in [1.165, 1.54) is 18.6 Å². The average molecular weight is 284 g/mol. The molecule has 0 aliphatic rings. The molecule has 0 saturated heterocycles. The molecule has 0 spiro atoms. The number of nitrogens with zero attached hydrogens (tertiary/aromatic N) is 2. The molecule has 0 atom stereocenters. The van der Waals surface area contributed by atoms with E-state index >= 15 is 0 Å². The van der Waals surface area contributed by atoms with E-state index in [0.29, 0.717) is 4.88 Å². The van der Waals surface area contributed by atoms with E-state index < -0.39 is 10.0 Å². The summed E-state index contributed by atoms with van der Waals surface area (Å²) in [6, 6.07) is 0. The van der Waals surface area contributed by atoms with Crippen LogP contribution in [0.15, 0.2) is 23.5 Å². The minimum Gasteiger partial charge on any atom is -0.384 e. The van der Waals surface area contributed by atoms with E-state index in [4.69, 9.17) is 5.11 Å². The van der Waals surface area contributed by atoms with Gasteiger partial charge in [0.15, 0.2) is 5.13 Å². The third-order valence-electron chi connectivity index (χ3n) is 1.80. The fourth-order valence-electron chi connectivity index (χ4n) is 1.07. The Morgan fingerprint density at radius 2 is 2.33 bits per heavy atom. The summed E-state index contributed by atoms with van der Waals surface area (Å²) in [5.41, 5.74) is 0. The maximum Gasteiger partial charge on any atom is 0.266 e. The lowest BCUT2D eigenvalue weighted by Gasteiger charge is -2.00. The van der Waals surface area contributed by atoms with Gasteiger partial charge in [-0.2, -0.15) is 5.10 Å². The molecule has 2 aromatic heterocycles. The van der Waals surface area contributed by atoms with Crippen molar-refractivity contribution in [2.75, 3.05) is 11.3 Å². The Morgan fingerprint density at radius 3 is 3.00 bits per heavy atom. The first kappa shape index (κ1) is 12.6. The molecular formula is C9H8N4O3S2. The maximum absolute atomic E-state index is 11.8. The van der Waals surface area contributed by atoms with E-state index in [9.17, 15) is 8.42 Å². The van der Waals surface area contributed by atoms with Crippen LogP contribution in [0, 0.1) is 11.8 Å². The summed E-state index contributed by atoms with van der Waals surface area (Å²) in [7, 11) is -3.67.